The van der Waals surface area contributed by atoms with Gasteiger partial charge in [0.25, 0.3) is 5.91 Å². The van der Waals surface area contributed by atoms with Crippen molar-refractivity contribution in [3.8, 4) is 22.8 Å². The first kappa shape index (κ1) is 14.8. The van der Waals surface area contributed by atoms with Gasteiger partial charge in [-0.3, -0.25) is 9.78 Å². The van der Waals surface area contributed by atoms with Crippen molar-refractivity contribution in [1.82, 2.24) is 25.3 Å². The van der Waals surface area contributed by atoms with Crippen molar-refractivity contribution in [2.24, 2.45) is 0 Å². The maximum atomic E-state index is 12.0. The van der Waals surface area contributed by atoms with Gasteiger partial charge in [-0.05, 0) is 24.3 Å². The number of pyridine rings is 1. The number of rotatable bonds is 2. The first-order valence-electron chi connectivity index (χ1n) is 8.46. The number of para-hydroxylation sites is 1. The maximum Gasteiger partial charge on any atom is 0.253 e. The van der Waals surface area contributed by atoms with Crippen molar-refractivity contribution in [3.05, 3.63) is 66.1 Å². The fourth-order valence-electron chi connectivity index (χ4n) is 3.27. The second kappa shape index (κ2) is 5.77. The van der Waals surface area contributed by atoms with E-state index in [-0.39, 0.29) is 5.91 Å². The fourth-order valence-corrected chi connectivity index (χ4v) is 3.27. The molecule has 5 rings (SSSR count). The molecule has 0 saturated heterocycles. The van der Waals surface area contributed by atoms with Crippen molar-refractivity contribution >= 4 is 16.8 Å². The zero-order chi connectivity index (χ0) is 17.5. The summed E-state index contributed by atoms with van der Waals surface area (Å²) in [6, 6.07) is 13.7. The standard InChI is InChI=1S/C20H15N5O/c26-20-14-10-18(24-16(14)5-8-22-20)17-6-7-21-19(25-17)13-9-12-3-1-2-4-15(12)23-11-13/h1-4,6-7,9-11,24H,5,8H2,(H,22,26). The Morgan fingerprint density at radius 3 is 2.88 bits per heavy atom. The molecule has 1 amide bonds. The van der Waals surface area contributed by atoms with Crippen molar-refractivity contribution in [2.75, 3.05) is 6.54 Å². The van der Waals surface area contributed by atoms with Crippen LogP contribution in [0.15, 0.2) is 54.9 Å². The average molecular weight is 341 g/mol. The normalized spacial score (nSPS) is 13.5. The van der Waals surface area contributed by atoms with E-state index in [1.807, 2.05) is 42.5 Å². The number of H-pyrrole nitrogens is 1. The number of hydrogen-bond donors (Lipinski definition) is 2. The molecule has 0 unspecified atom stereocenters. The highest BCUT2D eigenvalue weighted by atomic mass is 16.1. The van der Waals surface area contributed by atoms with Gasteiger partial charge < -0.3 is 10.3 Å². The summed E-state index contributed by atoms with van der Waals surface area (Å²) >= 11 is 0. The Hall–Kier alpha value is -3.54. The van der Waals surface area contributed by atoms with E-state index in [2.05, 4.69) is 25.3 Å². The van der Waals surface area contributed by atoms with Crippen LogP contribution in [0.5, 0.6) is 0 Å². The van der Waals surface area contributed by atoms with Gasteiger partial charge in [-0.2, -0.15) is 0 Å². The van der Waals surface area contributed by atoms with Crippen LogP contribution >= 0.6 is 0 Å². The Kier molecular flexibility index (Phi) is 3.28. The van der Waals surface area contributed by atoms with Crippen LogP contribution in [0.4, 0.5) is 0 Å². The van der Waals surface area contributed by atoms with Gasteiger partial charge in [-0.1, -0.05) is 18.2 Å². The Morgan fingerprint density at radius 1 is 1.04 bits per heavy atom. The number of carbonyl (C=O) groups is 1. The molecule has 0 aliphatic carbocycles. The van der Waals surface area contributed by atoms with E-state index < -0.39 is 0 Å². The van der Waals surface area contributed by atoms with Crippen LogP contribution in [-0.2, 0) is 6.42 Å². The molecule has 0 radical (unpaired) electrons. The summed E-state index contributed by atoms with van der Waals surface area (Å²) in [7, 11) is 0. The molecule has 0 atom stereocenters. The lowest BCUT2D eigenvalue weighted by Crippen LogP contribution is -2.31. The van der Waals surface area contributed by atoms with Gasteiger partial charge in [0.05, 0.1) is 22.5 Å². The minimum absolute atomic E-state index is 0.0400. The lowest BCUT2D eigenvalue weighted by molar-refractivity contribution is 0.0946. The Morgan fingerprint density at radius 2 is 1.96 bits per heavy atom. The van der Waals surface area contributed by atoms with Crippen molar-refractivity contribution in [3.63, 3.8) is 0 Å². The lowest BCUT2D eigenvalue weighted by Gasteiger charge is -2.10. The van der Waals surface area contributed by atoms with Crippen LogP contribution in [0.3, 0.4) is 0 Å². The Balaban J connectivity index is 1.57. The van der Waals surface area contributed by atoms with E-state index in [1.54, 1.807) is 12.4 Å². The number of nitrogens with zero attached hydrogens (tertiary/aromatic N) is 3. The minimum atomic E-state index is -0.0400. The number of fused-ring (bicyclic) bond motifs is 2. The van der Waals surface area contributed by atoms with Gasteiger partial charge in [0, 0.05) is 42.0 Å². The third kappa shape index (κ3) is 2.43. The van der Waals surface area contributed by atoms with E-state index in [0.717, 1.165) is 40.0 Å². The molecule has 2 N–H and O–H groups in total. The smallest absolute Gasteiger partial charge is 0.253 e. The molecule has 0 fully saturated rings. The lowest BCUT2D eigenvalue weighted by atomic mass is 10.1. The second-order valence-corrected chi connectivity index (χ2v) is 6.26. The van der Waals surface area contributed by atoms with Crippen LogP contribution in [0.1, 0.15) is 16.1 Å². The molecular formula is C20H15N5O. The van der Waals surface area contributed by atoms with Crippen LogP contribution in [0.2, 0.25) is 0 Å². The number of amides is 1. The third-order valence-electron chi connectivity index (χ3n) is 4.58. The van der Waals surface area contributed by atoms with Gasteiger partial charge in [0.1, 0.15) is 0 Å². The number of nitrogens with one attached hydrogen (secondary N) is 2. The summed E-state index contributed by atoms with van der Waals surface area (Å²) in [5.41, 5.74) is 5.03. The van der Waals surface area contributed by atoms with Gasteiger partial charge in [0.15, 0.2) is 5.82 Å². The van der Waals surface area contributed by atoms with Gasteiger partial charge in [-0.15, -0.1) is 0 Å². The predicted molar refractivity (Wildman–Crippen MR) is 98.6 cm³/mol. The number of aromatic nitrogens is 4. The number of benzene rings is 1. The third-order valence-corrected chi connectivity index (χ3v) is 4.58. The molecule has 6 heteroatoms. The minimum Gasteiger partial charge on any atom is -0.356 e. The van der Waals surface area contributed by atoms with E-state index in [4.69, 9.17) is 0 Å². The van der Waals surface area contributed by atoms with Crippen LogP contribution < -0.4 is 5.32 Å². The summed E-state index contributed by atoms with van der Waals surface area (Å²) in [6.07, 6.45) is 4.31. The van der Waals surface area contributed by atoms with E-state index in [1.165, 1.54) is 0 Å². The number of carbonyl (C=O) groups excluding carboxylic acids is 1. The van der Waals surface area contributed by atoms with Crippen molar-refractivity contribution in [1.29, 1.82) is 0 Å². The first-order chi connectivity index (χ1) is 12.8. The van der Waals surface area contributed by atoms with Crippen molar-refractivity contribution in [2.45, 2.75) is 6.42 Å². The van der Waals surface area contributed by atoms with Gasteiger partial charge in [-0.25, -0.2) is 9.97 Å². The molecule has 0 spiro atoms. The molecule has 1 aliphatic rings. The SMILES string of the molecule is O=C1NCCc2[nH]c(-c3ccnc(-c4cnc5ccccc5c4)n3)cc21. The molecule has 0 bridgehead atoms. The topological polar surface area (TPSA) is 83.6 Å². The van der Waals surface area contributed by atoms with Crippen molar-refractivity contribution < 1.29 is 4.79 Å². The Labute approximate surface area is 149 Å². The fraction of sp³-hybridized carbons (Fsp3) is 0.100. The van der Waals surface area contributed by atoms with Gasteiger partial charge in [0.2, 0.25) is 0 Å². The molecule has 1 aromatic carbocycles. The van der Waals surface area contributed by atoms with E-state index >= 15 is 0 Å². The second-order valence-electron chi connectivity index (χ2n) is 6.26. The first-order valence-corrected chi connectivity index (χ1v) is 8.46. The van der Waals surface area contributed by atoms with Crippen LogP contribution in [-0.4, -0.2) is 32.4 Å². The van der Waals surface area contributed by atoms with Crippen LogP contribution in [0, 0.1) is 0 Å². The zero-order valence-corrected chi connectivity index (χ0v) is 13.9. The summed E-state index contributed by atoms with van der Waals surface area (Å²) < 4.78 is 0. The summed E-state index contributed by atoms with van der Waals surface area (Å²) in [5, 5.41) is 3.90. The summed E-state index contributed by atoms with van der Waals surface area (Å²) in [6.45, 7) is 0.656. The number of aromatic amines is 1. The average Bonchev–Trinajstić information content (AvgIpc) is 3.14. The van der Waals surface area contributed by atoms with Crippen LogP contribution in [0.25, 0.3) is 33.7 Å². The maximum absolute atomic E-state index is 12.0. The summed E-state index contributed by atoms with van der Waals surface area (Å²) in [4.78, 5) is 28.8. The molecular weight excluding hydrogens is 326 g/mol. The molecule has 6 nitrogen and oxygen atoms in total. The zero-order valence-electron chi connectivity index (χ0n) is 13.9. The quantitative estimate of drug-likeness (QED) is 0.587. The highest BCUT2D eigenvalue weighted by Crippen LogP contribution is 2.25. The molecule has 4 aromatic rings. The Bertz CT molecular complexity index is 1150. The highest BCUT2D eigenvalue weighted by molar-refractivity contribution is 5.97. The predicted octanol–water partition coefficient (Wildman–Crippen LogP) is 2.97. The molecule has 26 heavy (non-hydrogen) atoms. The molecule has 126 valence electrons. The van der Waals surface area contributed by atoms with E-state index in [0.29, 0.717) is 17.9 Å². The molecule has 3 aromatic heterocycles. The van der Waals surface area contributed by atoms with Gasteiger partial charge >= 0.3 is 0 Å². The molecule has 1 aliphatic heterocycles. The largest absolute Gasteiger partial charge is 0.356 e. The highest BCUT2D eigenvalue weighted by Gasteiger charge is 2.20. The van der Waals surface area contributed by atoms with E-state index in [9.17, 15) is 4.79 Å². The molecule has 4 heterocycles. The monoisotopic (exact) mass is 341 g/mol. The summed E-state index contributed by atoms with van der Waals surface area (Å²) in [5.74, 6) is 0.569. The molecule has 0 saturated carbocycles. The number of hydrogen-bond acceptors (Lipinski definition) is 4.